The van der Waals surface area contributed by atoms with Crippen LogP contribution < -0.4 is 16.8 Å². The number of unbranched alkanes of at least 4 members (excludes halogenated alkanes) is 2. The Hall–Kier alpha value is -0.770. The van der Waals surface area contributed by atoms with Crippen LogP contribution in [0.3, 0.4) is 0 Å². The van der Waals surface area contributed by atoms with Crippen molar-refractivity contribution in [1.82, 2.24) is 5.32 Å². The quantitative estimate of drug-likeness (QED) is 0.288. The van der Waals surface area contributed by atoms with Crippen molar-refractivity contribution in [3.8, 4) is 0 Å². The first-order chi connectivity index (χ1) is 5.77. The number of nitrogens with one attached hydrogen (secondary N) is 1. The van der Waals surface area contributed by atoms with Gasteiger partial charge in [0.1, 0.15) is 0 Å². The second kappa shape index (κ2) is 8.33. The van der Waals surface area contributed by atoms with Gasteiger partial charge >= 0.3 is 0 Å². The highest BCUT2D eigenvalue weighted by atomic mass is 15.0. The minimum atomic E-state index is 0.196. The van der Waals surface area contributed by atoms with Crippen LogP contribution in [-0.4, -0.2) is 25.6 Å². The third-order valence-electron chi connectivity index (χ3n) is 1.56. The Morgan fingerprint density at radius 2 is 2.00 bits per heavy atom. The van der Waals surface area contributed by atoms with Crippen molar-refractivity contribution in [2.75, 3.05) is 19.6 Å². The van der Waals surface area contributed by atoms with E-state index in [0.29, 0.717) is 0 Å². The zero-order valence-electron chi connectivity index (χ0n) is 7.84. The largest absolute Gasteiger partial charge is 0.370 e. The summed E-state index contributed by atoms with van der Waals surface area (Å²) >= 11 is 0. The molecule has 0 radical (unpaired) electrons. The average Bonchev–Trinajstić information content (AvgIpc) is 2.02. The Balaban J connectivity index is 2.96. The molecule has 0 amide bonds. The highest BCUT2D eigenvalue weighted by Crippen LogP contribution is 1.93. The van der Waals surface area contributed by atoms with E-state index >= 15 is 0 Å². The van der Waals surface area contributed by atoms with E-state index in [1.807, 2.05) is 0 Å². The number of nitrogens with zero attached hydrogens (tertiary/aromatic N) is 1. The number of nitrogens with two attached hydrogens (primary N) is 2. The van der Waals surface area contributed by atoms with Crippen molar-refractivity contribution < 1.29 is 0 Å². The summed E-state index contributed by atoms with van der Waals surface area (Å²) in [6.45, 7) is 5.01. The van der Waals surface area contributed by atoms with Gasteiger partial charge in [0.2, 0.25) is 0 Å². The van der Waals surface area contributed by atoms with Gasteiger partial charge < -0.3 is 16.8 Å². The van der Waals surface area contributed by atoms with E-state index in [4.69, 9.17) is 11.5 Å². The average molecular weight is 172 g/mol. The summed E-state index contributed by atoms with van der Waals surface area (Å²) in [7, 11) is 0. The van der Waals surface area contributed by atoms with Gasteiger partial charge in [0.15, 0.2) is 5.96 Å². The molecule has 4 heteroatoms. The molecule has 0 saturated heterocycles. The zero-order valence-corrected chi connectivity index (χ0v) is 7.84. The van der Waals surface area contributed by atoms with E-state index in [-0.39, 0.29) is 5.96 Å². The molecule has 4 nitrogen and oxygen atoms in total. The molecule has 0 aliphatic heterocycles. The summed E-state index contributed by atoms with van der Waals surface area (Å²) in [5.41, 5.74) is 10.3. The lowest BCUT2D eigenvalue weighted by Gasteiger charge is -1.99. The van der Waals surface area contributed by atoms with Crippen LogP contribution in [0.1, 0.15) is 26.2 Å². The monoisotopic (exact) mass is 172 g/mol. The van der Waals surface area contributed by atoms with Gasteiger partial charge in [-0.15, -0.1) is 0 Å². The molecule has 0 bridgehead atoms. The number of guanidine groups is 1. The Morgan fingerprint density at radius 1 is 1.25 bits per heavy atom. The van der Waals surface area contributed by atoms with E-state index in [0.717, 1.165) is 26.1 Å². The van der Waals surface area contributed by atoms with Crippen molar-refractivity contribution in [2.45, 2.75) is 26.2 Å². The van der Waals surface area contributed by atoms with Gasteiger partial charge in [0.25, 0.3) is 0 Å². The molecular weight excluding hydrogens is 152 g/mol. The molecule has 0 rings (SSSR count). The Morgan fingerprint density at radius 3 is 2.58 bits per heavy atom. The van der Waals surface area contributed by atoms with Crippen LogP contribution in [0, 0.1) is 0 Å². The van der Waals surface area contributed by atoms with Crippen LogP contribution >= 0.6 is 0 Å². The molecule has 0 aliphatic carbocycles. The van der Waals surface area contributed by atoms with Crippen molar-refractivity contribution in [1.29, 1.82) is 0 Å². The van der Waals surface area contributed by atoms with Crippen LogP contribution in [0.25, 0.3) is 0 Å². The highest BCUT2D eigenvalue weighted by Gasteiger charge is 1.87. The summed E-state index contributed by atoms with van der Waals surface area (Å²) in [6, 6.07) is 0. The van der Waals surface area contributed by atoms with E-state index in [9.17, 15) is 0 Å². The molecule has 0 heterocycles. The lowest BCUT2D eigenvalue weighted by atomic mass is 10.2. The van der Waals surface area contributed by atoms with Crippen LogP contribution in [0.15, 0.2) is 4.99 Å². The SMILES string of the molecule is CCNCCCCCN=C(N)N. The normalized spacial score (nSPS) is 9.75. The Labute approximate surface area is 74.4 Å². The molecule has 0 aromatic carbocycles. The zero-order chi connectivity index (χ0) is 9.23. The molecule has 12 heavy (non-hydrogen) atoms. The summed E-state index contributed by atoms with van der Waals surface area (Å²) in [6.07, 6.45) is 3.46. The highest BCUT2D eigenvalue weighted by molar-refractivity contribution is 5.75. The molecule has 0 atom stereocenters. The second-order valence-corrected chi connectivity index (χ2v) is 2.72. The molecule has 0 spiro atoms. The third kappa shape index (κ3) is 9.23. The van der Waals surface area contributed by atoms with E-state index in [2.05, 4.69) is 17.2 Å². The molecule has 0 saturated carbocycles. The Kier molecular flexibility index (Phi) is 7.79. The fourth-order valence-electron chi connectivity index (χ4n) is 0.924. The van der Waals surface area contributed by atoms with Crippen molar-refractivity contribution in [2.24, 2.45) is 16.5 Å². The summed E-state index contributed by atoms with van der Waals surface area (Å²) in [5.74, 6) is 0.196. The maximum Gasteiger partial charge on any atom is 0.185 e. The maximum absolute atomic E-state index is 5.17. The molecule has 0 fully saturated rings. The number of hydrogen-bond donors (Lipinski definition) is 3. The molecule has 72 valence electrons. The second-order valence-electron chi connectivity index (χ2n) is 2.72. The van der Waals surface area contributed by atoms with Gasteiger partial charge in [-0.2, -0.15) is 0 Å². The topological polar surface area (TPSA) is 76.4 Å². The molecule has 0 unspecified atom stereocenters. The van der Waals surface area contributed by atoms with Gasteiger partial charge in [-0.1, -0.05) is 13.3 Å². The van der Waals surface area contributed by atoms with Crippen LogP contribution in [0.4, 0.5) is 0 Å². The van der Waals surface area contributed by atoms with Crippen molar-refractivity contribution >= 4 is 5.96 Å². The standard InChI is InChI=1S/C8H20N4/c1-2-11-6-4-3-5-7-12-8(9)10/h11H,2-7H2,1H3,(H4,9,10,12). The molecule has 0 aromatic heterocycles. The predicted molar refractivity (Wildman–Crippen MR) is 53.1 cm³/mol. The predicted octanol–water partition coefficient (Wildman–Crippen LogP) is 0.0396. The van der Waals surface area contributed by atoms with E-state index in [1.54, 1.807) is 0 Å². The first kappa shape index (κ1) is 11.2. The minimum absolute atomic E-state index is 0.196. The van der Waals surface area contributed by atoms with Gasteiger partial charge in [-0.3, -0.25) is 4.99 Å². The van der Waals surface area contributed by atoms with Gasteiger partial charge in [-0.25, -0.2) is 0 Å². The molecular formula is C8H20N4. The number of rotatable bonds is 7. The van der Waals surface area contributed by atoms with Crippen LogP contribution in [-0.2, 0) is 0 Å². The minimum Gasteiger partial charge on any atom is -0.370 e. The van der Waals surface area contributed by atoms with E-state index in [1.165, 1.54) is 12.8 Å². The number of hydrogen-bond acceptors (Lipinski definition) is 2. The smallest absolute Gasteiger partial charge is 0.185 e. The van der Waals surface area contributed by atoms with Crippen LogP contribution in [0.5, 0.6) is 0 Å². The fourth-order valence-corrected chi connectivity index (χ4v) is 0.924. The van der Waals surface area contributed by atoms with Gasteiger partial charge in [0, 0.05) is 6.54 Å². The summed E-state index contributed by atoms with van der Waals surface area (Å²) < 4.78 is 0. The van der Waals surface area contributed by atoms with Gasteiger partial charge in [-0.05, 0) is 25.9 Å². The summed E-state index contributed by atoms with van der Waals surface area (Å²) in [5, 5.41) is 3.26. The van der Waals surface area contributed by atoms with Crippen molar-refractivity contribution in [3.63, 3.8) is 0 Å². The first-order valence-corrected chi connectivity index (χ1v) is 4.53. The maximum atomic E-state index is 5.17. The molecule has 0 aromatic rings. The third-order valence-corrected chi connectivity index (χ3v) is 1.56. The lowest BCUT2D eigenvalue weighted by molar-refractivity contribution is 0.621. The van der Waals surface area contributed by atoms with Crippen molar-refractivity contribution in [3.05, 3.63) is 0 Å². The molecule has 0 aliphatic rings. The first-order valence-electron chi connectivity index (χ1n) is 4.53. The van der Waals surface area contributed by atoms with Crippen LogP contribution in [0.2, 0.25) is 0 Å². The Bertz CT molecular complexity index is 118. The number of aliphatic imine (C=N–C) groups is 1. The fraction of sp³-hybridized carbons (Fsp3) is 0.875. The molecule has 5 N–H and O–H groups in total. The van der Waals surface area contributed by atoms with E-state index < -0.39 is 0 Å². The lowest BCUT2D eigenvalue weighted by Crippen LogP contribution is -2.23. The van der Waals surface area contributed by atoms with Gasteiger partial charge in [0.05, 0.1) is 0 Å². The summed E-state index contributed by atoms with van der Waals surface area (Å²) in [4.78, 5) is 3.89.